The van der Waals surface area contributed by atoms with Gasteiger partial charge >= 0.3 is 0 Å². The van der Waals surface area contributed by atoms with Gasteiger partial charge < -0.3 is 10.2 Å². The van der Waals surface area contributed by atoms with Gasteiger partial charge in [-0.25, -0.2) is 0 Å². The van der Waals surface area contributed by atoms with Crippen LogP contribution in [0.2, 0.25) is 0 Å². The maximum Gasteiger partial charge on any atom is 0.0431 e. The number of aliphatic hydroxyl groups excluding tert-OH is 2. The first kappa shape index (κ1) is 22.2. The van der Waals surface area contributed by atoms with E-state index in [0.29, 0.717) is 13.2 Å². The Hall–Kier alpha value is -0.0800. The monoisotopic (exact) mass is 288 g/mol. The lowest BCUT2D eigenvalue weighted by Crippen LogP contribution is -1.85. The molecule has 1 aliphatic rings. The van der Waals surface area contributed by atoms with E-state index in [1.165, 1.54) is 64.2 Å². The Labute approximate surface area is 128 Å². The van der Waals surface area contributed by atoms with Crippen LogP contribution < -0.4 is 0 Å². The quantitative estimate of drug-likeness (QED) is 0.637. The molecule has 0 amide bonds. The Morgan fingerprint density at radius 2 is 0.750 bits per heavy atom. The van der Waals surface area contributed by atoms with E-state index in [4.69, 9.17) is 10.2 Å². The Kier molecular flexibility index (Phi) is 26.6. The molecule has 0 saturated heterocycles. The standard InChI is InChI=1S/C8H16.2C5H12O/c1-2-4-6-8-7-5-3-1;2*1-2-3-4-5-6/h1-8H2;2*6H,2-5H2,1H3. The van der Waals surface area contributed by atoms with Crippen LogP contribution in [0.1, 0.15) is 104 Å². The third-order valence-corrected chi connectivity index (χ3v) is 3.52. The molecular formula is C18H40O2. The highest BCUT2D eigenvalue weighted by Gasteiger charge is 1.95. The van der Waals surface area contributed by atoms with Crippen molar-refractivity contribution >= 4 is 0 Å². The van der Waals surface area contributed by atoms with Gasteiger partial charge in [-0.1, -0.05) is 90.9 Å². The normalized spacial score (nSPS) is 15.0. The summed E-state index contributed by atoms with van der Waals surface area (Å²) in [7, 11) is 0. The van der Waals surface area contributed by atoms with E-state index in [0.717, 1.165) is 25.7 Å². The van der Waals surface area contributed by atoms with Crippen molar-refractivity contribution in [1.82, 2.24) is 0 Å². The summed E-state index contributed by atoms with van der Waals surface area (Å²) in [5.41, 5.74) is 0. The van der Waals surface area contributed by atoms with Crippen molar-refractivity contribution < 1.29 is 10.2 Å². The van der Waals surface area contributed by atoms with Crippen molar-refractivity contribution in [3.8, 4) is 0 Å². The summed E-state index contributed by atoms with van der Waals surface area (Å²) in [5.74, 6) is 0. The van der Waals surface area contributed by atoms with Gasteiger partial charge in [-0.05, 0) is 12.8 Å². The molecule has 0 bridgehead atoms. The molecule has 1 saturated carbocycles. The maximum absolute atomic E-state index is 8.20. The highest BCUT2D eigenvalue weighted by molar-refractivity contribution is 4.51. The summed E-state index contributed by atoms with van der Waals surface area (Å²) in [6.07, 6.45) is 18.7. The van der Waals surface area contributed by atoms with E-state index in [-0.39, 0.29) is 0 Å². The highest BCUT2D eigenvalue weighted by Crippen LogP contribution is 2.15. The molecule has 1 aliphatic carbocycles. The van der Waals surface area contributed by atoms with Gasteiger partial charge in [0.25, 0.3) is 0 Å². The summed E-state index contributed by atoms with van der Waals surface area (Å²) in [5, 5.41) is 16.4. The first-order chi connectivity index (χ1) is 9.83. The van der Waals surface area contributed by atoms with Crippen LogP contribution in [0.4, 0.5) is 0 Å². The Bertz CT molecular complexity index is 97.4. The van der Waals surface area contributed by atoms with Gasteiger partial charge in [-0.3, -0.25) is 0 Å². The molecule has 0 radical (unpaired) electrons. The SMILES string of the molecule is C1CCCCCCC1.CCCCCO.CCCCCO. The zero-order valence-corrected chi connectivity index (χ0v) is 14.2. The van der Waals surface area contributed by atoms with Crippen LogP contribution in [-0.4, -0.2) is 23.4 Å². The molecule has 0 aliphatic heterocycles. The Balaban J connectivity index is 0. The minimum atomic E-state index is 0.355. The fourth-order valence-corrected chi connectivity index (χ4v) is 2.14. The van der Waals surface area contributed by atoms with Crippen molar-refractivity contribution in [3.05, 3.63) is 0 Å². The van der Waals surface area contributed by atoms with Crippen LogP contribution in [0.25, 0.3) is 0 Å². The minimum Gasteiger partial charge on any atom is -0.396 e. The predicted octanol–water partition coefficient (Wildman–Crippen LogP) is 5.46. The summed E-state index contributed by atoms with van der Waals surface area (Å²) >= 11 is 0. The predicted molar refractivity (Wildman–Crippen MR) is 90.2 cm³/mol. The molecule has 2 heteroatoms. The van der Waals surface area contributed by atoms with Gasteiger partial charge in [-0.2, -0.15) is 0 Å². The highest BCUT2D eigenvalue weighted by atomic mass is 16.3. The molecule has 0 heterocycles. The molecule has 2 N–H and O–H groups in total. The third-order valence-electron chi connectivity index (χ3n) is 3.52. The summed E-state index contributed by atoms with van der Waals surface area (Å²) in [4.78, 5) is 0. The van der Waals surface area contributed by atoms with Crippen LogP contribution in [0.3, 0.4) is 0 Å². The first-order valence-electron chi connectivity index (χ1n) is 9.05. The summed E-state index contributed by atoms with van der Waals surface area (Å²) in [6.45, 7) is 4.95. The molecule has 0 atom stereocenters. The Morgan fingerprint density at radius 3 is 0.850 bits per heavy atom. The van der Waals surface area contributed by atoms with Crippen molar-refractivity contribution in [2.45, 2.75) is 104 Å². The average Bonchev–Trinajstić information content (AvgIpc) is 2.43. The van der Waals surface area contributed by atoms with E-state index in [9.17, 15) is 0 Å². The topological polar surface area (TPSA) is 40.5 Å². The third kappa shape index (κ3) is 26.5. The molecule has 20 heavy (non-hydrogen) atoms. The summed E-state index contributed by atoms with van der Waals surface area (Å²) < 4.78 is 0. The molecule has 124 valence electrons. The molecule has 2 nitrogen and oxygen atoms in total. The van der Waals surface area contributed by atoms with Crippen molar-refractivity contribution in [2.24, 2.45) is 0 Å². The fraction of sp³-hybridized carbons (Fsp3) is 1.00. The van der Waals surface area contributed by atoms with Gasteiger partial charge in [0.15, 0.2) is 0 Å². The number of hydrogen-bond donors (Lipinski definition) is 2. The molecule has 0 aromatic heterocycles. The lowest BCUT2D eigenvalue weighted by molar-refractivity contribution is 0.284. The lowest BCUT2D eigenvalue weighted by Gasteiger charge is -2.05. The fourth-order valence-electron chi connectivity index (χ4n) is 2.14. The number of hydrogen-bond acceptors (Lipinski definition) is 2. The van der Waals surface area contributed by atoms with Crippen molar-refractivity contribution in [1.29, 1.82) is 0 Å². The van der Waals surface area contributed by atoms with E-state index in [2.05, 4.69) is 13.8 Å². The van der Waals surface area contributed by atoms with Crippen LogP contribution in [-0.2, 0) is 0 Å². The molecule has 0 unspecified atom stereocenters. The smallest absolute Gasteiger partial charge is 0.0431 e. The van der Waals surface area contributed by atoms with Gasteiger partial charge in [0.05, 0.1) is 0 Å². The second kappa shape index (κ2) is 24.0. The average molecular weight is 289 g/mol. The van der Waals surface area contributed by atoms with E-state index >= 15 is 0 Å². The van der Waals surface area contributed by atoms with Crippen LogP contribution >= 0.6 is 0 Å². The van der Waals surface area contributed by atoms with Crippen LogP contribution in [0, 0.1) is 0 Å². The second-order valence-electron chi connectivity index (χ2n) is 5.69. The van der Waals surface area contributed by atoms with E-state index in [1.54, 1.807) is 0 Å². The number of unbranched alkanes of at least 4 members (excludes halogenated alkanes) is 4. The van der Waals surface area contributed by atoms with E-state index < -0.39 is 0 Å². The second-order valence-corrected chi connectivity index (χ2v) is 5.69. The van der Waals surface area contributed by atoms with Crippen LogP contribution in [0.5, 0.6) is 0 Å². The van der Waals surface area contributed by atoms with Crippen molar-refractivity contribution in [3.63, 3.8) is 0 Å². The number of rotatable bonds is 6. The minimum absolute atomic E-state index is 0.355. The van der Waals surface area contributed by atoms with Gasteiger partial charge in [-0.15, -0.1) is 0 Å². The van der Waals surface area contributed by atoms with Crippen LogP contribution in [0.15, 0.2) is 0 Å². The molecule has 0 aromatic carbocycles. The molecule has 1 fully saturated rings. The molecule has 0 aromatic rings. The Morgan fingerprint density at radius 1 is 0.500 bits per heavy atom. The first-order valence-corrected chi connectivity index (χ1v) is 9.05. The number of aliphatic hydroxyl groups is 2. The molecular weight excluding hydrogens is 248 g/mol. The lowest BCUT2D eigenvalue weighted by atomic mass is 10.0. The van der Waals surface area contributed by atoms with Gasteiger partial charge in [0.1, 0.15) is 0 Å². The summed E-state index contributed by atoms with van der Waals surface area (Å²) in [6, 6.07) is 0. The van der Waals surface area contributed by atoms with Gasteiger partial charge in [0, 0.05) is 13.2 Å². The maximum atomic E-state index is 8.20. The molecule has 1 rings (SSSR count). The van der Waals surface area contributed by atoms with Crippen molar-refractivity contribution in [2.75, 3.05) is 13.2 Å². The largest absolute Gasteiger partial charge is 0.396 e. The molecule has 0 spiro atoms. The zero-order chi connectivity index (χ0) is 15.3. The van der Waals surface area contributed by atoms with Gasteiger partial charge in [0.2, 0.25) is 0 Å². The zero-order valence-electron chi connectivity index (χ0n) is 14.2. The van der Waals surface area contributed by atoms with E-state index in [1.807, 2.05) is 0 Å².